The molecule has 1 aliphatic rings. The first-order valence-electron chi connectivity index (χ1n) is 9.65. The largest absolute Gasteiger partial charge is 0.465 e. The van der Waals surface area contributed by atoms with Gasteiger partial charge in [-0.05, 0) is 18.2 Å². The van der Waals surface area contributed by atoms with Crippen LogP contribution >= 0.6 is 11.6 Å². The fraction of sp³-hybridized carbons (Fsp3) is 0.250. The Hall–Kier alpha value is -3.81. The van der Waals surface area contributed by atoms with Crippen molar-refractivity contribution < 1.29 is 41.1 Å². The van der Waals surface area contributed by atoms with Crippen molar-refractivity contribution in [1.82, 2.24) is 20.4 Å². The van der Waals surface area contributed by atoms with Gasteiger partial charge in [0, 0.05) is 36.0 Å². The van der Waals surface area contributed by atoms with Crippen molar-refractivity contribution in [2.45, 2.75) is 24.2 Å². The van der Waals surface area contributed by atoms with E-state index >= 15 is 0 Å². The molecule has 4 rings (SSSR count). The molecule has 0 spiro atoms. The second-order valence-electron chi connectivity index (χ2n) is 7.35. The minimum atomic E-state index is -4.98. The van der Waals surface area contributed by atoms with Gasteiger partial charge in [0.25, 0.3) is 6.02 Å². The number of hydrogen-bond acceptors (Lipinski definition) is 7. The van der Waals surface area contributed by atoms with Crippen molar-refractivity contribution in [1.29, 1.82) is 0 Å². The highest BCUT2D eigenvalue weighted by molar-refractivity contribution is 6.30. The summed E-state index contributed by atoms with van der Waals surface area (Å²) in [5, 5.41) is 14.5. The number of ether oxygens (including phenoxy) is 1. The number of alkyl halides is 4. The zero-order valence-electron chi connectivity index (χ0n) is 17.2. The topological polar surface area (TPSA) is 123 Å². The van der Waals surface area contributed by atoms with Crippen LogP contribution in [0.3, 0.4) is 0 Å². The average Bonchev–Trinajstić information content (AvgIpc) is 3.29. The smallest absolute Gasteiger partial charge is 0.412 e. The van der Waals surface area contributed by atoms with E-state index in [4.69, 9.17) is 26.0 Å². The number of carbonyl (C=O) groups is 1. The van der Waals surface area contributed by atoms with E-state index in [0.717, 1.165) is 12.1 Å². The Bertz CT molecular complexity index is 1280. The van der Waals surface area contributed by atoms with Gasteiger partial charge in [-0.1, -0.05) is 16.8 Å². The van der Waals surface area contributed by atoms with Crippen LogP contribution in [0.15, 0.2) is 46.2 Å². The van der Waals surface area contributed by atoms with Crippen LogP contribution in [-0.2, 0) is 10.3 Å². The number of nitrogens with one attached hydrogen (secondary N) is 1. The molecule has 0 fully saturated rings. The number of carboxylic acid groups (broad SMARTS) is 1. The molecule has 1 aromatic carbocycles. The number of rotatable bonds is 4. The van der Waals surface area contributed by atoms with Crippen LogP contribution in [0.5, 0.6) is 0 Å². The Morgan fingerprint density at radius 2 is 1.97 bits per heavy atom. The van der Waals surface area contributed by atoms with Crippen molar-refractivity contribution in [3.05, 3.63) is 53.1 Å². The summed E-state index contributed by atoms with van der Waals surface area (Å²) in [4.78, 5) is 22.1. The maximum Gasteiger partial charge on any atom is 0.412 e. The molecule has 0 saturated heterocycles. The fourth-order valence-corrected chi connectivity index (χ4v) is 3.50. The van der Waals surface area contributed by atoms with Crippen LogP contribution in [0.2, 0.25) is 5.02 Å². The van der Waals surface area contributed by atoms with Crippen molar-refractivity contribution in [3.8, 4) is 22.8 Å². The molecule has 9 nitrogen and oxygen atoms in total. The highest BCUT2D eigenvalue weighted by Gasteiger charge is 2.52. The maximum absolute atomic E-state index is 14.8. The quantitative estimate of drug-likeness (QED) is 0.480. The molecule has 3 aromatic rings. The molecule has 15 heteroatoms. The molecule has 1 aliphatic heterocycles. The van der Waals surface area contributed by atoms with Gasteiger partial charge in [-0.15, -0.1) is 0 Å². The predicted octanol–water partition coefficient (Wildman–Crippen LogP) is 4.73. The van der Waals surface area contributed by atoms with Gasteiger partial charge < -0.3 is 14.4 Å². The monoisotopic (exact) mass is 517 g/mol. The minimum Gasteiger partial charge on any atom is -0.465 e. The Balaban J connectivity index is 1.75. The van der Waals surface area contributed by atoms with Gasteiger partial charge in [0.05, 0.1) is 5.02 Å². The van der Waals surface area contributed by atoms with Gasteiger partial charge in [-0.25, -0.2) is 33.9 Å². The second kappa shape index (κ2) is 9.09. The van der Waals surface area contributed by atoms with Gasteiger partial charge in [0.2, 0.25) is 0 Å². The third-order valence-corrected chi connectivity index (χ3v) is 5.19. The SMILES string of the molecule is O=C(O)NC1=N[C@H](C(F)(F)F)C[C@@](CF)(c2cc(-c3cc(-c4ncc(Cl)cn4)no3)ccc2F)O1. The lowest BCUT2D eigenvalue weighted by atomic mass is 9.85. The van der Waals surface area contributed by atoms with Gasteiger partial charge >= 0.3 is 12.3 Å². The molecular weight excluding hydrogens is 505 g/mol. The lowest BCUT2D eigenvalue weighted by molar-refractivity contribution is -0.167. The number of benzene rings is 1. The van der Waals surface area contributed by atoms with Crippen LogP contribution in [-0.4, -0.2) is 51.2 Å². The molecule has 3 heterocycles. The zero-order valence-corrected chi connectivity index (χ0v) is 17.9. The van der Waals surface area contributed by atoms with Gasteiger partial charge in [0.15, 0.2) is 28.9 Å². The summed E-state index contributed by atoms with van der Waals surface area (Å²) >= 11 is 5.75. The van der Waals surface area contributed by atoms with E-state index in [1.54, 1.807) is 0 Å². The Labute approximate surface area is 197 Å². The Morgan fingerprint density at radius 3 is 2.60 bits per heavy atom. The van der Waals surface area contributed by atoms with Crippen LogP contribution < -0.4 is 5.32 Å². The first-order chi connectivity index (χ1) is 16.5. The number of amides is 1. The molecule has 35 heavy (non-hydrogen) atoms. The van der Waals surface area contributed by atoms with Crippen molar-refractivity contribution >= 4 is 23.7 Å². The van der Waals surface area contributed by atoms with E-state index in [1.807, 2.05) is 0 Å². The number of nitrogens with zero attached hydrogens (tertiary/aromatic N) is 4. The van der Waals surface area contributed by atoms with Crippen LogP contribution in [0.1, 0.15) is 12.0 Å². The summed E-state index contributed by atoms with van der Waals surface area (Å²) in [7, 11) is 0. The van der Waals surface area contributed by atoms with Crippen molar-refractivity contribution in [2.24, 2.45) is 4.99 Å². The van der Waals surface area contributed by atoms with E-state index in [0.29, 0.717) is 0 Å². The number of aliphatic imine (C=N–C) groups is 1. The van der Waals surface area contributed by atoms with E-state index < -0.39 is 54.4 Å². The molecule has 2 aromatic heterocycles. The third-order valence-electron chi connectivity index (χ3n) is 5.00. The van der Waals surface area contributed by atoms with E-state index in [-0.39, 0.29) is 27.9 Å². The minimum absolute atomic E-state index is 0.0366. The summed E-state index contributed by atoms with van der Waals surface area (Å²) in [5.41, 5.74) is -2.85. The molecule has 0 bridgehead atoms. The van der Waals surface area contributed by atoms with Crippen LogP contribution in [0.25, 0.3) is 22.8 Å². The molecule has 0 radical (unpaired) electrons. The highest BCUT2D eigenvalue weighted by Crippen LogP contribution is 2.42. The van der Waals surface area contributed by atoms with E-state index in [9.17, 15) is 26.7 Å². The van der Waals surface area contributed by atoms with E-state index in [2.05, 4.69) is 20.1 Å². The van der Waals surface area contributed by atoms with Gasteiger partial charge in [0.1, 0.15) is 12.5 Å². The Kier molecular flexibility index (Phi) is 6.32. The first kappa shape index (κ1) is 24.3. The lowest BCUT2D eigenvalue weighted by Gasteiger charge is -2.38. The molecule has 2 N–H and O–H groups in total. The Morgan fingerprint density at radius 1 is 1.26 bits per heavy atom. The summed E-state index contributed by atoms with van der Waals surface area (Å²) < 4.78 is 80.0. The zero-order chi connectivity index (χ0) is 25.4. The lowest BCUT2D eigenvalue weighted by Crippen LogP contribution is -2.50. The number of amidine groups is 1. The van der Waals surface area contributed by atoms with Crippen LogP contribution in [0.4, 0.5) is 26.7 Å². The second-order valence-corrected chi connectivity index (χ2v) is 7.79. The molecule has 0 unspecified atom stereocenters. The van der Waals surface area contributed by atoms with E-state index in [1.165, 1.54) is 29.8 Å². The third kappa shape index (κ3) is 5.01. The highest BCUT2D eigenvalue weighted by atomic mass is 35.5. The average molecular weight is 518 g/mol. The molecule has 184 valence electrons. The number of halogens is 6. The molecule has 0 aliphatic carbocycles. The number of aromatic nitrogens is 3. The van der Waals surface area contributed by atoms with Gasteiger partial charge in [-0.3, -0.25) is 0 Å². The fourth-order valence-electron chi connectivity index (χ4n) is 3.40. The summed E-state index contributed by atoms with van der Waals surface area (Å²) in [6.45, 7) is -1.62. The predicted molar refractivity (Wildman–Crippen MR) is 110 cm³/mol. The molecular formula is C20H13ClF5N5O4. The summed E-state index contributed by atoms with van der Waals surface area (Å²) in [6.07, 6.45) is -5.28. The summed E-state index contributed by atoms with van der Waals surface area (Å²) in [5.74, 6) is -0.907. The van der Waals surface area contributed by atoms with Crippen molar-refractivity contribution in [2.75, 3.05) is 6.67 Å². The standard InChI is InChI=1S/C20H13ClF5N5O4/c21-10-6-27-16(28-7-10)13-4-14(35-31-13)9-1-2-12(23)11(3-9)19(8-22)5-15(20(24,25)26)29-17(34-19)30-18(32)33/h1-4,6-7,15H,5,8H2,(H,29,30)(H,32,33)/t15-,19+/m0/s1. The molecule has 1 amide bonds. The molecule has 0 saturated carbocycles. The maximum atomic E-state index is 14.8. The van der Waals surface area contributed by atoms with Gasteiger partial charge in [-0.2, -0.15) is 13.2 Å². The van der Waals surface area contributed by atoms with Crippen LogP contribution in [0, 0.1) is 5.82 Å². The number of hydrogen-bond donors (Lipinski definition) is 2. The first-order valence-corrected chi connectivity index (χ1v) is 10.0. The molecule has 2 atom stereocenters. The van der Waals surface area contributed by atoms with Crippen molar-refractivity contribution in [3.63, 3.8) is 0 Å². The normalized spacial score (nSPS) is 20.2. The summed E-state index contributed by atoms with van der Waals surface area (Å²) in [6, 6.07) is 0.837.